The van der Waals surface area contributed by atoms with E-state index in [0.29, 0.717) is 11.6 Å². The Hall–Kier alpha value is -1.23. The fraction of sp³-hybridized carbons (Fsp3) is 0.250. The molecule has 0 heterocycles. The van der Waals surface area contributed by atoms with E-state index in [4.69, 9.17) is 22.1 Å². The van der Waals surface area contributed by atoms with Crippen LogP contribution in [0.3, 0.4) is 0 Å². The molecule has 112 valence electrons. The van der Waals surface area contributed by atoms with Crippen molar-refractivity contribution in [1.82, 2.24) is 0 Å². The van der Waals surface area contributed by atoms with Crippen molar-refractivity contribution in [2.24, 2.45) is 5.73 Å². The fourth-order valence-corrected chi connectivity index (χ4v) is 2.76. The lowest BCUT2D eigenvalue weighted by molar-refractivity contribution is 0.413. The Bertz CT molecular complexity index is 621. The number of benzene rings is 2. The molecule has 0 aromatic heterocycles. The minimum atomic E-state index is 0.0203. The number of hydrogen-bond acceptors (Lipinski definition) is 3. The number of rotatable bonds is 5. The molecule has 0 saturated carbocycles. The summed E-state index contributed by atoms with van der Waals surface area (Å²) in [4.78, 5) is 2.11. The normalized spacial score (nSPS) is 12.0. The van der Waals surface area contributed by atoms with Gasteiger partial charge in [0, 0.05) is 18.1 Å². The van der Waals surface area contributed by atoms with Crippen LogP contribution in [0.1, 0.15) is 11.6 Å². The lowest BCUT2D eigenvalue weighted by Gasteiger charge is -2.30. The summed E-state index contributed by atoms with van der Waals surface area (Å²) in [6, 6.07) is 13.8. The second-order valence-corrected chi connectivity index (χ2v) is 5.97. The molecular formula is C16H18BrClN2O. The average Bonchev–Trinajstić information content (AvgIpc) is 2.51. The Labute approximate surface area is 138 Å². The molecule has 0 fully saturated rings. The summed E-state index contributed by atoms with van der Waals surface area (Å²) < 4.78 is 6.30. The highest BCUT2D eigenvalue weighted by atomic mass is 79.9. The van der Waals surface area contributed by atoms with Crippen LogP contribution in [0.15, 0.2) is 46.9 Å². The summed E-state index contributed by atoms with van der Waals surface area (Å²) in [6.07, 6.45) is 0. The van der Waals surface area contributed by atoms with Crippen LogP contribution >= 0.6 is 27.5 Å². The van der Waals surface area contributed by atoms with Crippen LogP contribution in [0.5, 0.6) is 5.75 Å². The largest absolute Gasteiger partial charge is 0.495 e. The van der Waals surface area contributed by atoms with Gasteiger partial charge in [-0.25, -0.2) is 0 Å². The van der Waals surface area contributed by atoms with Gasteiger partial charge in [0.25, 0.3) is 0 Å². The minimum Gasteiger partial charge on any atom is -0.495 e. The summed E-state index contributed by atoms with van der Waals surface area (Å²) >= 11 is 9.60. The van der Waals surface area contributed by atoms with Crippen LogP contribution in [0.2, 0.25) is 5.02 Å². The highest BCUT2D eigenvalue weighted by molar-refractivity contribution is 9.10. The maximum atomic E-state index is 6.19. The number of para-hydroxylation sites is 2. The van der Waals surface area contributed by atoms with E-state index in [1.165, 1.54) is 0 Å². The number of nitrogens with two attached hydrogens (primary N) is 1. The van der Waals surface area contributed by atoms with Gasteiger partial charge in [-0.15, -0.1) is 0 Å². The van der Waals surface area contributed by atoms with E-state index < -0.39 is 0 Å². The van der Waals surface area contributed by atoms with Crippen molar-refractivity contribution in [2.75, 3.05) is 25.6 Å². The second kappa shape index (κ2) is 7.16. The molecule has 0 bridgehead atoms. The highest BCUT2D eigenvalue weighted by Gasteiger charge is 2.19. The molecule has 2 aromatic rings. The monoisotopic (exact) mass is 368 g/mol. The van der Waals surface area contributed by atoms with E-state index in [9.17, 15) is 0 Å². The summed E-state index contributed by atoms with van der Waals surface area (Å²) in [5, 5.41) is 0.680. The third-order valence-electron chi connectivity index (χ3n) is 3.48. The summed E-state index contributed by atoms with van der Waals surface area (Å²) in [6.45, 7) is 0.479. The average molecular weight is 370 g/mol. The van der Waals surface area contributed by atoms with E-state index in [1.54, 1.807) is 7.11 Å². The quantitative estimate of drug-likeness (QED) is 0.856. The molecule has 1 unspecified atom stereocenters. The first kappa shape index (κ1) is 16.1. The third-order valence-corrected chi connectivity index (χ3v) is 4.72. The molecule has 21 heavy (non-hydrogen) atoms. The van der Waals surface area contributed by atoms with Crippen LogP contribution in [-0.2, 0) is 0 Å². The Morgan fingerprint density at radius 2 is 2.00 bits per heavy atom. The van der Waals surface area contributed by atoms with E-state index >= 15 is 0 Å². The number of halogens is 2. The molecular weight excluding hydrogens is 352 g/mol. The van der Waals surface area contributed by atoms with Crippen molar-refractivity contribution in [3.05, 3.63) is 57.5 Å². The summed E-state index contributed by atoms with van der Waals surface area (Å²) in [5.41, 5.74) is 8.05. The summed E-state index contributed by atoms with van der Waals surface area (Å²) in [5.74, 6) is 0.821. The first-order valence-corrected chi connectivity index (χ1v) is 7.76. The lowest BCUT2D eigenvalue weighted by atomic mass is 10.0. The van der Waals surface area contributed by atoms with Gasteiger partial charge in [-0.1, -0.05) is 29.8 Å². The third kappa shape index (κ3) is 3.51. The zero-order valence-corrected chi connectivity index (χ0v) is 14.4. The van der Waals surface area contributed by atoms with Crippen molar-refractivity contribution < 1.29 is 4.74 Å². The topological polar surface area (TPSA) is 38.5 Å². The molecule has 1 atom stereocenters. The highest BCUT2D eigenvalue weighted by Crippen LogP contribution is 2.34. The van der Waals surface area contributed by atoms with E-state index in [2.05, 4.69) is 20.8 Å². The van der Waals surface area contributed by atoms with Crippen LogP contribution in [-0.4, -0.2) is 20.7 Å². The van der Waals surface area contributed by atoms with Gasteiger partial charge in [-0.05, 0) is 45.8 Å². The molecule has 0 saturated heterocycles. The van der Waals surface area contributed by atoms with Crippen LogP contribution in [0.4, 0.5) is 5.69 Å². The number of methoxy groups -OCH3 is 1. The van der Waals surface area contributed by atoms with Crippen molar-refractivity contribution in [3.63, 3.8) is 0 Å². The molecule has 2 rings (SSSR count). The molecule has 0 radical (unpaired) electrons. The van der Waals surface area contributed by atoms with E-state index in [1.807, 2.05) is 49.5 Å². The van der Waals surface area contributed by atoms with Gasteiger partial charge in [0.2, 0.25) is 0 Å². The number of hydrogen-bond donors (Lipinski definition) is 1. The summed E-state index contributed by atoms with van der Waals surface area (Å²) in [7, 11) is 3.67. The van der Waals surface area contributed by atoms with Crippen molar-refractivity contribution in [1.29, 1.82) is 0 Å². The van der Waals surface area contributed by atoms with Gasteiger partial charge in [0.15, 0.2) is 0 Å². The molecule has 0 aliphatic carbocycles. The zero-order chi connectivity index (χ0) is 15.4. The predicted octanol–water partition coefficient (Wildman–Crippen LogP) is 4.25. The number of ether oxygens (including phenoxy) is 1. The molecule has 2 aromatic carbocycles. The Kier molecular flexibility index (Phi) is 5.51. The van der Waals surface area contributed by atoms with Gasteiger partial charge in [0.1, 0.15) is 5.75 Å². The zero-order valence-electron chi connectivity index (χ0n) is 12.0. The van der Waals surface area contributed by atoms with Crippen molar-refractivity contribution in [2.45, 2.75) is 6.04 Å². The fourth-order valence-electron chi connectivity index (χ4n) is 2.33. The minimum absolute atomic E-state index is 0.0203. The molecule has 0 aliphatic rings. The Balaban J connectivity index is 2.38. The lowest BCUT2D eigenvalue weighted by Crippen LogP contribution is -2.30. The van der Waals surface area contributed by atoms with E-state index in [0.717, 1.165) is 21.5 Å². The van der Waals surface area contributed by atoms with Gasteiger partial charge in [0.05, 0.1) is 23.9 Å². The van der Waals surface area contributed by atoms with Crippen molar-refractivity contribution in [3.8, 4) is 5.75 Å². The van der Waals surface area contributed by atoms with E-state index in [-0.39, 0.29) is 6.04 Å². The Morgan fingerprint density at radius 3 is 2.62 bits per heavy atom. The standard InChI is InChI=1S/C16H18BrClN2O/c1-20(14-5-3-4-6-16(14)21-2)15(10-19)11-7-8-12(17)13(18)9-11/h3-9,15H,10,19H2,1-2H3. The number of nitrogens with zero attached hydrogens (tertiary/aromatic N) is 1. The molecule has 0 spiro atoms. The van der Waals surface area contributed by atoms with Gasteiger partial charge in [-0.3, -0.25) is 0 Å². The van der Waals surface area contributed by atoms with Gasteiger partial charge >= 0.3 is 0 Å². The first-order valence-electron chi connectivity index (χ1n) is 6.59. The first-order chi connectivity index (χ1) is 10.1. The molecule has 3 nitrogen and oxygen atoms in total. The smallest absolute Gasteiger partial charge is 0.142 e. The van der Waals surface area contributed by atoms with Crippen molar-refractivity contribution >= 4 is 33.2 Å². The maximum Gasteiger partial charge on any atom is 0.142 e. The molecule has 5 heteroatoms. The molecule has 0 amide bonds. The van der Waals surface area contributed by atoms with Gasteiger partial charge in [-0.2, -0.15) is 0 Å². The predicted molar refractivity (Wildman–Crippen MR) is 92.3 cm³/mol. The molecule has 0 aliphatic heterocycles. The number of likely N-dealkylation sites (N-methyl/N-ethyl adjacent to an activating group) is 1. The Morgan fingerprint density at radius 1 is 1.29 bits per heavy atom. The van der Waals surface area contributed by atoms with Crippen LogP contribution in [0.25, 0.3) is 0 Å². The maximum absolute atomic E-state index is 6.19. The van der Waals surface area contributed by atoms with Crippen LogP contribution in [0, 0.1) is 0 Å². The SMILES string of the molecule is COc1ccccc1N(C)C(CN)c1ccc(Br)c(Cl)c1. The molecule has 2 N–H and O–H groups in total. The second-order valence-electron chi connectivity index (χ2n) is 4.71. The van der Waals surface area contributed by atoms with Crippen LogP contribution < -0.4 is 15.4 Å². The number of anilines is 1. The van der Waals surface area contributed by atoms with Gasteiger partial charge < -0.3 is 15.4 Å².